The fraction of sp³-hybridized carbons (Fsp3) is 0.435. The van der Waals surface area contributed by atoms with Gasteiger partial charge in [0.25, 0.3) is 0 Å². The van der Waals surface area contributed by atoms with Gasteiger partial charge < -0.3 is 19.1 Å². The number of para-hydroxylation sites is 1. The molecule has 0 saturated carbocycles. The number of esters is 1. The summed E-state index contributed by atoms with van der Waals surface area (Å²) in [6.45, 7) is 2.75. The summed E-state index contributed by atoms with van der Waals surface area (Å²) in [5.74, 6) is 1.50. The van der Waals surface area contributed by atoms with Crippen LogP contribution >= 0.6 is 0 Å². The second kappa shape index (κ2) is 11.3. The van der Waals surface area contributed by atoms with Crippen molar-refractivity contribution < 1.29 is 19.0 Å². The van der Waals surface area contributed by atoms with Gasteiger partial charge in [0.15, 0.2) is 0 Å². The molecule has 0 spiro atoms. The highest BCUT2D eigenvalue weighted by atomic mass is 16.6. The zero-order valence-electron chi connectivity index (χ0n) is 17.3. The van der Waals surface area contributed by atoms with Crippen LogP contribution in [0.2, 0.25) is 0 Å². The molecule has 0 radical (unpaired) electrons. The number of hydrogen-bond donors (Lipinski definition) is 0. The maximum Gasteiger partial charge on any atom is 0.305 e. The number of ether oxygens (including phenoxy) is 3. The van der Waals surface area contributed by atoms with Crippen LogP contribution < -0.4 is 9.47 Å². The lowest BCUT2D eigenvalue weighted by atomic mass is 10.0. The van der Waals surface area contributed by atoms with Crippen molar-refractivity contribution in [3.05, 3.63) is 59.7 Å². The Bertz CT molecular complexity index is 745. The van der Waals surface area contributed by atoms with Gasteiger partial charge >= 0.3 is 5.97 Å². The van der Waals surface area contributed by atoms with Crippen molar-refractivity contribution in [2.75, 3.05) is 34.4 Å². The Hall–Kier alpha value is -2.53. The highest BCUT2D eigenvalue weighted by molar-refractivity contribution is 5.69. The van der Waals surface area contributed by atoms with Gasteiger partial charge in [-0.2, -0.15) is 0 Å². The van der Waals surface area contributed by atoms with Gasteiger partial charge in [-0.25, -0.2) is 0 Å². The van der Waals surface area contributed by atoms with Crippen molar-refractivity contribution in [1.82, 2.24) is 4.90 Å². The van der Waals surface area contributed by atoms with E-state index in [1.807, 2.05) is 49.3 Å². The Balaban J connectivity index is 2.00. The molecule has 0 aromatic heterocycles. The molecular formula is C23H31NO4. The predicted molar refractivity (Wildman–Crippen MR) is 111 cm³/mol. The number of hydrogen-bond acceptors (Lipinski definition) is 5. The number of methoxy groups -OCH3 is 1. The molecule has 0 aliphatic rings. The Labute approximate surface area is 168 Å². The van der Waals surface area contributed by atoms with E-state index in [9.17, 15) is 4.79 Å². The van der Waals surface area contributed by atoms with E-state index in [-0.39, 0.29) is 12.1 Å². The molecule has 0 fully saturated rings. The number of nitrogens with zero attached hydrogens (tertiary/aromatic N) is 1. The van der Waals surface area contributed by atoms with Crippen molar-refractivity contribution in [2.24, 2.45) is 0 Å². The topological polar surface area (TPSA) is 48.0 Å². The Morgan fingerprint density at radius 2 is 1.86 bits per heavy atom. The third kappa shape index (κ3) is 7.24. The highest BCUT2D eigenvalue weighted by Gasteiger charge is 2.16. The minimum absolute atomic E-state index is 0.207. The first kappa shape index (κ1) is 21.8. The van der Waals surface area contributed by atoms with Crippen LogP contribution in [0, 0.1) is 0 Å². The van der Waals surface area contributed by atoms with Gasteiger partial charge in [0.1, 0.15) is 24.2 Å². The standard InChI is InChI=1S/C23H31NO4/c1-5-23(25)28-21(16-24(2)3)17-27-22-12-7-6-10-19(22)14-13-18-9-8-11-20(15-18)26-4/h6-12,15,21H,5,13-14,16-17H2,1-4H3. The lowest BCUT2D eigenvalue weighted by Crippen LogP contribution is -2.35. The number of benzene rings is 2. The smallest absolute Gasteiger partial charge is 0.305 e. The number of aryl methyl sites for hydroxylation is 2. The van der Waals surface area contributed by atoms with E-state index in [0.29, 0.717) is 19.6 Å². The third-order valence-electron chi connectivity index (χ3n) is 4.37. The van der Waals surface area contributed by atoms with Crippen LogP contribution in [-0.2, 0) is 22.4 Å². The molecule has 5 heteroatoms. The van der Waals surface area contributed by atoms with Gasteiger partial charge in [-0.15, -0.1) is 0 Å². The summed E-state index contributed by atoms with van der Waals surface area (Å²) >= 11 is 0. The molecule has 5 nitrogen and oxygen atoms in total. The maximum absolute atomic E-state index is 11.7. The van der Waals surface area contributed by atoms with Crippen molar-refractivity contribution in [1.29, 1.82) is 0 Å². The van der Waals surface area contributed by atoms with E-state index < -0.39 is 0 Å². The average molecular weight is 386 g/mol. The Kier molecular flexibility index (Phi) is 8.82. The molecule has 0 N–H and O–H groups in total. The van der Waals surface area contributed by atoms with Crippen LogP contribution in [0.4, 0.5) is 0 Å². The lowest BCUT2D eigenvalue weighted by molar-refractivity contribution is -0.150. The van der Waals surface area contributed by atoms with Crippen LogP contribution in [0.15, 0.2) is 48.5 Å². The zero-order valence-corrected chi connectivity index (χ0v) is 17.3. The predicted octanol–water partition coefficient (Wildman–Crippen LogP) is 3.74. The molecule has 2 rings (SSSR count). The zero-order chi connectivity index (χ0) is 20.4. The van der Waals surface area contributed by atoms with Crippen molar-refractivity contribution >= 4 is 5.97 Å². The van der Waals surface area contributed by atoms with Gasteiger partial charge in [-0.05, 0) is 56.3 Å². The number of carbonyl (C=O) groups is 1. The SMILES string of the molecule is CCC(=O)OC(COc1ccccc1CCc1cccc(OC)c1)CN(C)C. The Morgan fingerprint density at radius 3 is 2.57 bits per heavy atom. The molecule has 28 heavy (non-hydrogen) atoms. The van der Waals surface area contributed by atoms with Crippen LogP contribution in [0.5, 0.6) is 11.5 Å². The van der Waals surface area contributed by atoms with Gasteiger partial charge in [0, 0.05) is 13.0 Å². The molecule has 0 heterocycles. The van der Waals surface area contributed by atoms with E-state index in [4.69, 9.17) is 14.2 Å². The average Bonchev–Trinajstić information content (AvgIpc) is 2.70. The van der Waals surface area contributed by atoms with Gasteiger partial charge in [0.05, 0.1) is 7.11 Å². The third-order valence-corrected chi connectivity index (χ3v) is 4.37. The van der Waals surface area contributed by atoms with E-state index in [0.717, 1.165) is 29.9 Å². The van der Waals surface area contributed by atoms with Crippen molar-refractivity contribution in [3.8, 4) is 11.5 Å². The molecule has 2 aromatic rings. The minimum atomic E-state index is -0.297. The molecule has 152 valence electrons. The first-order chi connectivity index (χ1) is 13.5. The van der Waals surface area contributed by atoms with Crippen LogP contribution in [0.1, 0.15) is 24.5 Å². The number of rotatable bonds is 11. The minimum Gasteiger partial charge on any atom is -0.497 e. The van der Waals surface area contributed by atoms with Crippen LogP contribution in [0.25, 0.3) is 0 Å². The van der Waals surface area contributed by atoms with Crippen molar-refractivity contribution in [3.63, 3.8) is 0 Å². The Morgan fingerprint density at radius 1 is 1.07 bits per heavy atom. The number of carbonyl (C=O) groups excluding carboxylic acids is 1. The molecule has 0 aliphatic heterocycles. The first-order valence-electron chi connectivity index (χ1n) is 9.69. The fourth-order valence-electron chi connectivity index (χ4n) is 2.94. The highest BCUT2D eigenvalue weighted by Crippen LogP contribution is 2.22. The van der Waals surface area contributed by atoms with E-state index in [1.54, 1.807) is 14.0 Å². The molecule has 1 atom stereocenters. The molecule has 0 aliphatic carbocycles. The number of likely N-dealkylation sites (N-methyl/N-ethyl adjacent to an activating group) is 1. The summed E-state index contributed by atoms with van der Waals surface area (Å²) in [7, 11) is 5.58. The normalized spacial score (nSPS) is 11.9. The second-order valence-electron chi connectivity index (χ2n) is 7.00. The summed E-state index contributed by atoms with van der Waals surface area (Å²) < 4.78 is 16.9. The van der Waals surface area contributed by atoms with Crippen molar-refractivity contribution in [2.45, 2.75) is 32.3 Å². The quantitative estimate of drug-likeness (QED) is 0.552. The molecule has 2 aromatic carbocycles. The van der Waals surface area contributed by atoms with E-state index in [1.165, 1.54) is 5.56 Å². The van der Waals surface area contributed by atoms with Crippen LogP contribution in [-0.4, -0.2) is 51.3 Å². The largest absolute Gasteiger partial charge is 0.497 e. The molecule has 1 unspecified atom stereocenters. The lowest BCUT2D eigenvalue weighted by Gasteiger charge is -2.22. The molecular weight excluding hydrogens is 354 g/mol. The maximum atomic E-state index is 11.7. The van der Waals surface area contributed by atoms with E-state index >= 15 is 0 Å². The fourth-order valence-corrected chi connectivity index (χ4v) is 2.94. The van der Waals surface area contributed by atoms with Crippen LogP contribution in [0.3, 0.4) is 0 Å². The summed E-state index contributed by atoms with van der Waals surface area (Å²) in [4.78, 5) is 13.7. The summed E-state index contributed by atoms with van der Waals surface area (Å²) in [6.07, 6.45) is 1.81. The molecule has 0 bridgehead atoms. The summed E-state index contributed by atoms with van der Waals surface area (Å²) in [5, 5.41) is 0. The van der Waals surface area contributed by atoms with Gasteiger partial charge in [0.2, 0.25) is 0 Å². The summed E-state index contributed by atoms with van der Waals surface area (Å²) in [6, 6.07) is 16.1. The molecule has 0 saturated heterocycles. The summed E-state index contributed by atoms with van der Waals surface area (Å²) in [5.41, 5.74) is 2.35. The first-order valence-corrected chi connectivity index (χ1v) is 9.69. The second-order valence-corrected chi connectivity index (χ2v) is 7.00. The van der Waals surface area contributed by atoms with Gasteiger partial charge in [-0.3, -0.25) is 4.79 Å². The molecule has 0 amide bonds. The monoisotopic (exact) mass is 385 g/mol. The van der Waals surface area contributed by atoms with Gasteiger partial charge in [-0.1, -0.05) is 37.3 Å². The van der Waals surface area contributed by atoms with E-state index in [2.05, 4.69) is 18.2 Å².